The number of ether oxygens (including phenoxy) is 1. The van der Waals surface area contributed by atoms with Crippen LogP contribution in [0.25, 0.3) is 0 Å². The molecule has 1 aromatic rings. The Morgan fingerprint density at radius 2 is 2.33 bits per heavy atom. The quantitative estimate of drug-likeness (QED) is 0.755. The Kier molecular flexibility index (Phi) is 3.96. The third-order valence-corrected chi connectivity index (χ3v) is 2.14. The largest absolute Gasteiger partial charge is 0.469 e. The maximum absolute atomic E-state index is 12.5. The van der Waals surface area contributed by atoms with Gasteiger partial charge in [-0.1, -0.05) is 11.6 Å². The molecular weight excluding hydrogens is 228 g/mol. The lowest BCUT2D eigenvalue weighted by Crippen LogP contribution is -2.09. The van der Waals surface area contributed by atoms with E-state index in [-0.39, 0.29) is 17.0 Å². The second-order valence-corrected chi connectivity index (χ2v) is 3.12. The van der Waals surface area contributed by atoms with Crippen LogP contribution in [-0.2, 0) is 16.0 Å². The van der Waals surface area contributed by atoms with Crippen molar-refractivity contribution >= 4 is 17.6 Å². The number of carbonyl (C=O) groups excluding carboxylic acids is 1. The molecule has 0 N–H and O–H groups in total. The van der Waals surface area contributed by atoms with Crippen molar-refractivity contribution in [2.24, 2.45) is 0 Å². The molecule has 0 spiro atoms. The highest BCUT2D eigenvalue weighted by Gasteiger charge is 2.19. The average Bonchev–Trinajstić information content (AvgIpc) is 2.20. The zero-order chi connectivity index (χ0) is 11.4. The van der Waals surface area contributed by atoms with Gasteiger partial charge in [-0.25, -0.2) is 8.78 Å². The Hall–Kier alpha value is -1.23. The van der Waals surface area contributed by atoms with Crippen molar-refractivity contribution in [1.82, 2.24) is 4.98 Å². The van der Waals surface area contributed by atoms with Gasteiger partial charge in [0.2, 0.25) is 0 Å². The van der Waals surface area contributed by atoms with E-state index in [1.54, 1.807) is 0 Å². The van der Waals surface area contributed by atoms with Crippen LogP contribution in [-0.4, -0.2) is 18.1 Å². The maximum atomic E-state index is 12.5. The van der Waals surface area contributed by atoms with E-state index in [0.717, 1.165) is 0 Å². The molecule has 15 heavy (non-hydrogen) atoms. The van der Waals surface area contributed by atoms with Gasteiger partial charge in [-0.05, 0) is 6.07 Å². The van der Waals surface area contributed by atoms with Gasteiger partial charge in [-0.2, -0.15) is 0 Å². The van der Waals surface area contributed by atoms with E-state index in [0.29, 0.717) is 0 Å². The van der Waals surface area contributed by atoms with Crippen molar-refractivity contribution in [2.45, 2.75) is 12.8 Å². The number of nitrogens with zero attached hydrogens (tertiary/aromatic N) is 1. The summed E-state index contributed by atoms with van der Waals surface area (Å²) < 4.78 is 29.4. The number of esters is 1. The molecule has 0 fully saturated rings. The third-order valence-electron chi connectivity index (χ3n) is 1.79. The zero-order valence-electron chi connectivity index (χ0n) is 7.84. The summed E-state index contributed by atoms with van der Waals surface area (Å²) in [5, 5.41) is 0.0886. The summed E-state index contributed by atoms with van der Waals surface area (Å²) in [5.74, 6) is -0.633. The second-order valence-electron chi connectivity index (χ2n) is 2.71. The van der Waals surface area contributed by atoms with Gasteiger partial charge in [0.1, 0.15) is 5.69 Å². The topological polar surface area (TPSA) is 39.2 Å². The number of methoxy groups -OCH3 is 1. The summed E-state index contributed by atoms with van der Waals surface area (Å²) in [5.41, 5.74) is -0.464. The molecule has 0 bridgehead atoms. The number of rotatable bonds is 3. The molecule has 0 aliphatic rings. The molecule has 1 aromatic heterocycles. The van der Waals surface area contributed by atoms with E-state index >= 15 is 0 Å². The van der Waals surface area contributed by atoms with Gasteiger partial charge in [-0.3, -0.25) is 9.78 Å². The number of pyridine rings is 1. The Bertz CT molecular complexity index is 371. The van der Waals surface area contributed by atoms with Crippen molar-refractivity contribution in [3.63, 3.8) is 0 Å². The summed E-state index contributed by atoms with van der Waals surface area (Å²) in [6.45, 7) is 0. The van der Waals surface area contributed by atoms with Gasteiger partial charge in [0.15, 0.2) is 0 Å². The van der Waals surface area contributed by atoms with Crippen LogP contribution in [0, 0.1) is 0 Å². The van der Waals surface area contributed by atoms with Crippen molar-refractivity contribution in [2.75, 3.05) is 7.11 Å². The summed E-state index contributed by atoms with van der Waals surface area (Å²) in [6, 6.07) is 1.35. The third kappa shape index (κ3) is 2.86. The van der Waals surface area contributed by atoms with Crippen molar-refractivity contribution in [3.8, 4) is 0 Å². The molecule has 0 aliphatic carbocycles. The van der Waals surface area contributed by atoms with Crippen LogP contribution in [0.1, 0.15) is 17.7 Å². The van der Waals surface area contributed by atoms with E-state index in [4.69, 9.17) is 11.6 Å². The van der Waals surface area contributed by atoms with Gasteiger partial charge in [0.05, 0.1) is 13.5 Å². The van der Waals surface area contributed by atoms with Crippen molar-refractivity contribution in [3.05, 3.63) is 28.5 Å². The first-order valence-electron chi connectivity index (χ1n) is 4.04. The highest BCUT2D eigenvalue weighted by atomic mass is 35.5. The van der Waals surface area contributed by atoms with E-state index < -0.39 is 18.1 Å². The molecule has 0 radical (unpaired) electrons. The van der Waals surface area contributed by atoms with Crippen LogP contribution in [0.2, 0.25) is 5.02 Å². The molecule has 3 nitrogen and oxygen atoms in total. The summed E-state index contributed by atoms with van der Waals surface area (Å²) in [4.78, 5) is 14.4. The number of hydrogen-bond donors (Lipinski definition) is 0. The maximum Gasteiger partial charge on any atom is 0.310 e. The zero-order valence-corrected chi connectivity index (χ0v) is 8.59. The van der Waals surface area contributed by atoms with Gasteiger partial charge in [0, 0.05) is 16.8 Å². The molecular formula is C9H8ClF2NO2. The monoisotopic (exact) mass is 235 g/mol. The standard InChI is InChI=1S/C9H8ClF2NO2/c1-15-7(14)4-5-6(10)2-3-13-8(5)9(11)12/h2-3,9H,4H2,1H3. The summed E-state index contributed by atoms with van der Waals surface area (Å²) >= 11 is 5.69. The van der Waals surface area contributed by atoms with Crippen LogP contribution in [0.3, 0.4) is 0 Å². The number of hydrogen-bond acceptors (Lipinski definition) is 3. The number of carbonyl (C=O) groups is 1. The molecule has 82 valence electrons. The van der Waals surface area contributed by atoms with Gasteiger partial charge in [0.25, 0.3) is 6.43 Å². The molecule has 0 atom stereocenters. The summed E-state index contributed by atoms with van der Waals surface area (Å²) in [6.07, 6.45) is -1.89. The van der Waals surface area contributed by atoms with Crippen LogP contribution in [0.5, 0.6) is 0 Å². The van der Waals surface area contributed by atoms with Gasteiger partial charge >= 0.3 is 5.97 Å². The van der Waals surface area contributed by atoms with E-state index in [9.17, 15) is 13.6 Å². The van der Waals surface area contributed by atoms with Gasteiger partial charge < -0.3 is 4.74 Å². The van der Waals surface area contributed by atoms with Crippen LogP contribution in [0.15, 0.2) is 12.3 Å². The Balaban J connectivity index is 3.07. The molecule has 6 heteroatoms. The molecule has 0 aliphatic heterocycles. The fourth-order valence-electron chi connectivity index (χ4n) is 1.06. The van der Waals surface area contributed by atoms with Crippen molar-refractivity contribution in [1.29, 1.82) is 0 Å². The predicted octanol–water partition coefficient (Wildman–Crippen LogP) is 2.39. The lowest BCUT2D eigenvalue weighted by molar-refractivity contribution is -0.139. The Labute approximate surface area is 90.0 Å². The molecule has 0 amide bonds. The first-order chi connectivity index (χ1) is 7.06. The lowest BCUT2D eigenvalue weighted by atomic mass is 10.1. The molecule has 0 aromatic carbocycles. The van der Waals surface area contributed by atoms with E-state index in [1.807, 2.05) is 0 Å². The first kappa shape index (κ1) is 11.8. The summed E-state index contributed by atoms with van der Waals surface area (Å²) in [7, 11) is 1.18. The fourth-order valence-corrected chi connectivity index (χ4v) is 1.28. The fraction of sp³-hybridized carbons (Fsp3) is 0.333. The minimum Gasteiger partial charge on any atom is -0.469 e. The molecule has 0 saturated carbocycles. The van der Waals surface area contributed by atoms with Crippen LogP contribution >= 0.6 is 11.6 Å². The van der Waals surface area contributed by atoms with Crippen molar-refractivity contribution < 1.29 is 18.3 Å². The molecule has 0 unspecified atom stereocenters. The lowest BCUT2D eigenvalue weighted by Gasteiger charge is -2.08. The van der Waals surface area contributed by atoms with Gasteiger partial charge in [-0.15, -0.1) is 0 Å². The average molecular weight is 236 g/mol. The van der Waals surface area contributed by atoms with E-state index in [2.05, 4.69) is 9.72 Å². The van der Waals surface area contributed by atoms with Crippen LogP contribution in [0.4, 0.5) is 8.78 Å². The predicted molar refractivity (Wildman–Crippen MR) is 49.9 cm³/mol. The normalized spacial score (nSPS) is 10.5. The SMILES string of the molecule is COC(=O)Cc1c(Cl)ccnc1C(F)F. The Morgan fingerprint density at radius 1 is 1.67 bits per heavy atom. The Morgan fingerprint density at radius 3 is 2.87 bits per heavy atom. The minimum absolute atomic E-state index is 0.0148. The molecule has 1 heterocycles. The second kappa shape index (κ2) is 5.02. The molecule has 0 saturated heterocycles. The number of halogens is 3. The van der Waals surface area contributed by atoms with Crippen LogP contribution < -0.4 is 0 Å². The smallest absolute Gasteiger partial charge is 0.310 e. The highest BCUT2D eigenvalue weighted by Crippen LogP contribution is 2.26. The number of alkyl halides is 2. The van der Waals surface area contributed by atoms with E-state index in [1.165, 1.54) is 19.4 Å². The highest BCUT2D eigenvalue weighted by molar-refractivity contribution is 6.31. The first-order valence-corrected chi connectivity index (χ1v) is 4.42. The minimum atomic E-state index is -2.76. The molecule has 1 rings (SSSR count). The number of aromatic nitrogens is 1.